The second-order valence-electron chi connectivity index (χ2n) is 5.36. The van der Waals surface area contributed by atoms with E-state index in [0.717, 1.165) is 5.92 Å². The van der Waals surface area contributed by atoms with Crippen LogP contribution in [-0.2, 0) is 0 Å². The molecule has 3 atom stereocenters. The molecule has 0 aliphatic heterocycles. The highest BCUT2D eigenvalue weighted by Gasteiger charge is 2.66. The summed E-state index contributed by atoms with van der Waals surface area (Å²) in [5.41, 5.74) is 0.0874. The van der Waals surface area contributed by atoms with E-state index in [1.165, 1.54) is 38.5 Å². The minimum atomic E-state index is -0.297. The van der Waals surface area contributed by atoms with Gasteiger partial charge in [0.05, 0.1) is 5.60 Å². The second-order valence-corrected chi connectivity index (χ2v) is 5.36. The normalized spacial score (nSPS) is 54.5. The molecule has 3 saturated carbocycles. The maximum atomic E-state index is 10.5. The molecule has 0 saturated heterocycles. The van der Waals surface area contributed by atoms with Gasteiger partial charge in [0, 0.05) is 5.41 Å². The first-order chi connectivity index (χ1) is 5.67. The van der Waals surface area contributed by atoms with Gasteiger partial charge in [-0.15, -0.1) is 0 Å². The fraction of sp³-hybridized carbons (Fsp3) is 1.00. The highest BCUT2D eigenvalue weighted by atomic mass is 16.3. The molecule has 2 bridgehead atoms. The lowest BCUT2D eigenvalue weighted by atomic mass is 9.53. The molecule has 3 unspecified atom stereocenters. The van der Waals surface area contributed by atoms with Crippen LogP contribution in [0, 0.1) is 17.3 Å². The van der Waals surface area contributed by atoms with E-state index in [2.05, 4.69) is 6.92 Å². The maximum Gasteiger partial charge on any atom is 0.0706 e. The quantitative estimate of drug-likeness (QED) is 0.585. The van der Waals surface area contributed by atoms with Gasteiger partial charge in [-0.3, -0.25) is 0 Å². The number of fused-ring (bicyclic) bond motifs is 3. The van der Waals surface area contributed by atoms with Crippen molar-refractivity contribution in [3.05, 3.63) is 0 Å². The first-order valence-electron chi connectivity index (χ1n) is 5.39. The van der Waals surface area contributed by atoms with Crippen LogP contribution in [0.4, 0.5) is 0 Å². The molecule has 1 nitrogen and oxygen atoms in total. The minimum Gasteiger partial charge on any atom is -0.389 e. The van der Waals surface area contributed by atoms with Crippen molar-refractivity contribution in [1.82, 2.24) is 0 Å². The van der Waals surface area contributed by atoms with Crippen molar-refractivity contribution in [2.75, 3.05) is 0 Å². The lowest BCUT2D eigenvalue weighted by Gasteiger charge is -2.54. The molecule has 1 spiro atoms. The summed E-state index contributed by atoms with van der Waals surface area (Å²) in [4.78, 5) is 0. The molecule has 68 valence electrons. The molecule has 3 fully saturated rings. The van der Waals surface area contributed by atoms with Crippen LogP contribution in [0.15, 0.2) is 0 Å². The molecule has 0 amide bonds. The Morgan fingerprint density at radius 1 is 1.17 bits per heavy atom. The van der Waals surface area contributed by atoms with Gasteiger partial charge < -0.3 is 5.11 Å². The van der Waals surface area contributed by atoms with Crippen LogP contribution in [-0.4, -0.2) is 10.7 Å². The van der Waals surface area contributed by atoms with Gasteiger partial charge in [-0.05, 0) is 50.9 Å². The van der Waals surface area contributed by atoms with Crippen molar-refractivity contribution < 1.29 is 5.11 Å². The molecule has 3 rings (SSSR count). The van der Waals surface area contributed by atoms with Crippen LogP contribution < -0.4 is 0 Å². The molecule has 0 aromatic rings. The number of hydrogen-bond donors (Lipinski definition) is 1. The average Bonchev–Trinajstić information content (AvgIpc) is 2.38. The smallest absolute Gasteiger partial charge is 0.0706 e. The van der Waals surface area contributed by atoms with Crippen LogP contribution in [0.5, 0.6) is 0 Å². The average molecular weight is 166 g/mol. The van der Waals surface area contributed by atoms with E-state index in [9.17, 15) is 5.11 Å². The van der Waals surface area contributed by atoms with Crippen molar-refractivity contribution in [3.63, 3.8) is 0 Å². The number of rotatable bonds is 0. The van der Waals surface area contributed by atoms with Crippen LogP contribution in [0.2, 0.25) is 0 Å². The largest absolute Gasteiger partial charge is 0.389 e. The van der Waals surface area contributed by atoms with Crippen molar-refractivity contribution in [2.24, 2.45) is 17.3 Å². The van der Waals surface area contributed by atoms with Gasteiger partial charge in [-0.1, -0.05) is 6.42 Å². The lowest BCUT2D eigenvalue weighted by Crippen LogP contribution is -2.54. The molecule has 0 aromatic carbocycles. The summed E-state index contributed by atoms with van der Waals surface area (Å²) in [5, 5.41) is 10.5. The zero-order valence-electron chi connectivity index (χ0n) is 7.84. The summed E-state index contributed by atoms with van der Waals surface area (Å²) in [7, 11) is 0. The van der Waals surface area contributed by atoms with E-state index in [-0.39, 0.29) is 5.60 Å². The molecular weight excluding hydrogens is 148 g/mol. The Morgan fingerprint density at radius 2 is 1.83 bits per heavy atom. The Morgan fingerprint density at radius 3 is 2.17 bits per heavy atom. The van der Waals surface area contributed by atoms with Gasteiger partial charge in [0.1, 0.15) is 0 Å². The first-order valence-corrected chi connectivity index (χ1v) is 5.39. The number of aliphatic hydroxyl groups is 1. The Hall–Kier alpha value is -0.0400. The third kappa shape index (κ3) is 0.555. The van der Waals surface area contributed by atoms with Gasteiger partial charge in [0.15, 0.2) is 0 Å². The lowest BCUT2D eigenvalue weighted by molar-refractivity contribution is -0.150. The molecule has 3 aliphatic carbocycles. The molecule has 1 N–H and O–H groups in total. The highest BCUT2D eigenvalue weighted by molar-refractivity contribution is 5.16. The van der Waals surface area contributed by atoms with E-state index in [0.29, 0.717) is 11.3 Å². The van der Waals surface area contributed by atoms with Gasteiger partial charge >= 0.3 is 0 Å². The Kier molecular flexibility index (Phi) is 1.16. The van der Waals surface area contributed by atoms with Crippen molar-refractivity contribution in [1.29, 1.82) is 0 Å². The molecule has 0 radical (unpaired) electrons. The summed E-state index contributed by atoms with van der Waals surface area (Å²) in [5.74, 6) is 1.52. The first kappa shape index (κ1) is 7.37. The predicted molar refractivity (Wildman–Crippen MR) is 47.7 cm³/mol. The fourth-order valence-electron chi connectivity index (χ4n) is 4.29. The monoisotopic (exact) mass is 166 g/mol. The summed E-state index contributed by atoms with van der Waals surface area (Å²) in [6.07, 6.45) is 7.99. The molecule has 0 aromatic heterocycles. The summed E-state index contributed by atoms with van der Waals surface area (Å²) in [6.45, 7) is 2.11. The van der Waals surface area contributed by atoms with Gasteiger partial charge in [-0.25, -0.2) is 0 Å². The van der Waals surface area contributed by atoms with E-state index >= 15 is 0 Å². The van der Waals surface area contributed by atoms with Crippen molar-refractivity contribution in [3.8, 4) is 0 Å². The molecule has 12 heavy (non-hydrogen) atoms. The predicted octanol–water partition coefficient (Wildman–Crippen LogP) is 2.34. The van der Waals surface area contributed by atoms with E-state index < -0.39 is 0 Å². The summed E-state index contributed by atoms with van der Waals surface area (Å²) < 4.78 is 0. The van der Waals surface area contributed by atoms with Gasteiger partial charge in [0.25, 0.3) is 0 Å². The van der Waals surface area contributed by atoms with Crippen LogP contribution >= 0.6 is 0 Å². The Bertz CT molecular complexity index is 215. The van der Waals surface area contributed by atoms with E-state index in [1.54, 1.807) is 0 Å². The molecule has 0 heterocycles. The maximum absolute atomic E-state index is 10.5. The Balaban J connectivity index is 2.02. The van der Waals surface area contributed by atoms with Crippen LogP contribution in [0.3, 0.4) is 0 Å². The zero-order chi connectivity index (χ0) is 8.40. The van der Waals surface area contributed by atoms with Gasteiger partial charge in [-0.2, -0.15) is 0 Å². The number of hydrogen-bond acceptors (Lipinski definition) is 1. The second kappa shape index (κ2) is 1.89. The minimum absolute atomic E-state index is 0.297. The highest BCUT2D eigenvalue weighted by Crippen LogP contribution is 2.69. The van der Waals surface area contributed by atoms with Crippen LogP contribution in [0.1, 0.15) is 45.4 Å². The molecule has 1 heteroatoms. The van der Waals surface area contributed by atoms with E-state index in [1.807, 2.05) is 0 Å². The molecular formula is C11H18O. The molecule has 3 aliphatic rings. The van der Waals surface area contributed by atoms with Crippen LogP contribution in [0.25, 0.3) is 0 Å². The SMILES string of the molecule is CC1(O)C2CCC(C2)C12CCC2. The standard InChI is InChI=1S/C11H18O/c1-10(12)8-3-4-9(7-8)11(10)5-2-6-11/h8-9,12H,2-7H2,1H3. The fourth-order valence-corrected chi connectivity index (χ4v) is 4.29. The van der Waals surface area contributed by atoms with Gasteiger partial charge in [0.2, 0.25) is 0 Å². The van der Waals surface area contributed by atoms with Crippen molar-refractivity contribution in [2.45, 2.75) is 51.0 Å². The third-order valence-corrected chi connectivity index (χ3v) is 5.26. The zero-order valence-corrected chi connectivity index (χ0v) is 7.84. The summed E-state index contributed by atoms with van der Waals surface area (Å²) in [6, 6.07) is 0. The van der Waals surface area contributed by atoms with Crippen molar-refractivity contribution >= 4 is 0 Å². The van der Waals surface area contributed by atoms with E-state index in [4.69, 9.17) is 0 Å². The third-order valence-electron chi connectivity index (χ3n) is 5.26. The topological polar surface area (TPSA) is 20.2 Å². The Labute approximate surface area is 74.2 Å². The summed E-state index contributed by atoms with van der Waals surface area (Å²) >= 11 is 0.